The molecule has 0 heterocycles. The van der Waals surface area contributed by atoms with E-state index in [9.17, 15) is 14.4 Å². The van der Waals surface area contributed by atoms with E-state index in [0.29, 0.717) is 5.56 Å². The zero-order valence-corrected chi connectivity index (χ0v) is 13.5. The van der Waals surface area contributed by atoms with Crippen molar-refractivity contribution in [1.82, 2.24) is 5.32 Å². The van der Waals surface area contributed by atoms with Crippen LogP contribution in [-0.4, -0.2) is 29.8 Å². The van der Waals surface area contributed by atoms with Crippen LogP contribution >= 0.6 is 0 Å². The highest BCUT2D eigenvalue weighted by atomic mass is 16.6. The van der Waals surface area contributed by atoms with Gasteiger partial charge in [-0.1, -0.05) is 0 Å². The fraction of sp³-hybridized carbons (Fsp3) is 0.438. The lowest BCUT2D eigenvalue weighted by Gasteiger charge is -2.20. The summed E-state index contributed by atoms with van der Waals surface area (Å²) < 4.78 is 9.95. The molecule has 0 unspecified atom stereocenters. The molecule has 120 valence electrons. The van der Waals surface area contributed by atoms with Crippen LogP contribution in [0.3, 0.4) is 0 Å². The molecule has 1 N–H and O–H groups in total. The summed E-state index contributed by atoms with van der Waals surface area (Å²) in [4.78, 5) is 34.3. The summed E-state index contributed by atoms with van der Waals surface area (Å²) >= 11 is 0. The summed E-state index contributed by atoms with van der Waals surface area (Å²) in [5.41, 5.74) is 0.176. The Morgan fingerprint density at radius 3 is 2.05 bits per heavy atom. The molecule has 0 saturated carbocycles. The van der Waals surface area contributed by atoms with E-state index in [1.807, 2.05) is 20.8 Å². The third-order valence-corrected chi connectivity index (χ3v) is 2.55. The Morgan fingerprint density at radius 2 is 1.55 bits per heavy atom. The van der Waals surface area contributed by atoms with Gasteiger partial charge in [0.2, 0.25) is 0 Å². The third-order valence-electron chi connectivity index (χ3n) is 2.55. The maximum atomic E-state index is 12.2. The van der Waals surface area contributed by atoms with E-state index in [0.717, 1.165) is 0 Å². The standard InChI is InChI=1S/C16H21NO5/c1-10(18)21-14-7-6-12(8-15(14)22-11(2)19)13(20)9-17-16(3,4)5/h6-8,17H,9H2,1-5H3. The van der Waals surface area contributed by atoms with Crippen LogP contribution in [0.15, 0.2) is 18.2 Å². The molecule has 0 bridgehead atoms. The molecule has 1 aromatic carbocycles. The lowest BCUT2D eigenvalue weighted by molar-refractivity contribution is -0.134. The van der Waals surface area contributed by atoms with Gasteiger partial charge < -0.3 is 14.8 Å². The molecule has 0 aromatic heterocycles. The molecule has 0 aliphatic heterocycles. The first kappa shape index (κ1) is 17.8. The monoisotopic (exact) mass is 307 g/mol. The summed E-state index contributed by atoms with van der Waals surface area (Å²) in [5, 5.41) is 3.08. The van der Waals surface area contributed by atoms with Crippen molar-refractivity contribution in [3.05, 3.63) is 23.8 Å². The fourth-order valence-corrected chi connectivity index (χ4v) is 1.60. The number of carbonyl (C=O) groups is 3. The molecule has 22 heavy (non-hydrogen) atoms. The zero-order chi connectivity index (χ0) is 16.9. The van der Waals surface area contributed by atoms with Crippen molar-refractivity contribution in [1.29, 1.82) is 0 Å². The smallest absolute Gasteiger partial charge is 0.308 e. The van der Waals surface area contributed by atoms with Gasteiger partial charge >= 0.3 is 11.9 Å². The fourth-order valence-electron chi connectivity index (χ4n) is 1.60. The van der Waals surface area contributed by atoms with Crippen molar-refractivity contribution in [2.24, 2.45) is 0 Å². The number of carbonyl (C=O) groups excluding carboxylic acids is 3. The van der Waals surface area contributed by atoms with E-state index in [4.69, 9.17) is 9.47 Å². The summed E-state index contributed by atoms with van der Waals surface area (Å²) in [6, 6.07) is 4.36. The molecule has 0 aliphatic carbocycles. The molecule has 0 spiro atoms. The number of esters is 2. The molecule has 0 saturated heterocycles. The maximum absolute atomic E-state index is 12.2. The topological polar surface area (TPSA) is 81.7 Å². The van der Waals surface area contributed by atoms with Gasteiger partial charge in [-0.2, -0.15) is 0 Å². The Bertz CT molecular complexity index is 587. The number of hydrogen-bond donors (Lipinski definition) is 1. The van der Waals surface area contributed by atoms with Crippen LogP contribution in [0.25, 0.3) is 0 Å². The number of rotatable bonds is 5. The van der Waals surface area contributed by atoms with Crippen LogP contribution in [0.4, 0.5) is 0 Å². The van der Waals surface area contributed by atoms with E-state index < -0.39 is 11.9 Å². The van der Waals surface area contributed by atoms with E-state index in [1.165, 1.54) is 32.0 Å². The predicted octanol–water partition coefficient (Wildman–Crippen LogP) is 2.11. The van der Waals surface area contributed by atoms with E-state index in [-0.39, 0.29) is 29.4 Å². The number of ketones is 1. The van der Waals surface area contributed by atoms with Crippen molar-refractivity contribution in [3.63, 3.8) is 0 Å². The van der Waals surface area contributed by atoms with Crippen molar-refractivity contribution in [2.45, 2.75) is 40.2 Å². The summed E-state index contributed by atoms with van der Waals surface area (Å²) in [6.07, 6.45) is 0. The zero-order valence-electron chi connectivity index (χ0n) is 13.5. The van der Waals surface area contributed by atoms with E-state index >= 15 is 0 Å². The largest absolute Gasteiger partial charge is 0.423 e. The molecule has 6 nitrogen and oxygen atoms in total. The summed E-state index contributed by atoms with van der Waals surface area (Å²) in [5.74, 6) is -1.11. The van der Waals surface area contributed by atoms with Gasteiger partial charge in [0.05, 0.1) is 6.54 Å². The minimum absolute atomic E-state index is 0.0457. The van der Waals surface area contributed by atoms with Crippen LogP contribution in [0.2, 0.25) is 0 Å². The average Bonchev–Trinajstić information content (AvgIpc) is 2.36. The van der Waals surface area contributed by atoms with E-state index in [2.05, 4.69) is 5.32 Å². The van der Waals surface area contributed by atoms with Crippen molar-refractivity contribution in [2.75, 3.05) is 6.54 Å². The molecule has 0 radical (unpaired) electrons. The Morgan fingerprint density at radius 1 is 1.00 bits per heavy atom. The lowest BCUT2D eigenvalue weighted by Crippen LogP contribution is -2.39. The molecule has 1 rings (SSSR count). The summed E-state index contributed by atoms with van der Waals surface area (Å²) in [7, 11) is 0. The number of ether oxygens (including phenoxy) is 2. The SMILES string of the molecule is CC(=O)Oc1ccc(C(=O)CNC(C)(C)C)cc1OC(C)=O. The van der Waals surface area contributed by atoms with Crippen LogP contribution in [-0.2, 0) is 9.59 Å². The van der Waals surface area contributed by atoms with Crippen LogP contribution in [0.5, 0.6) is 11.5 Å². The molecule has 0 atom stereocenters. The number of hydrogen-bond acceptors (Lipinski definition) is 6. The van der Waals surface area contributed by atoms with E-state index in [1.54, 1.807) is 0 Å². The van der Waals surface area contributed by atoms with Gasteiger partial charge in [-0.15, -0.1) is 0 Å². The van der Waals surface area contributed by atoms with Gasteiger partial charge in [0.1, 0.15) is 0 Å². The summed E-state index contributed by atoms with van der Waals surface area (Å²) in [6.45, 7) is 8.48. The highest BCUT2D eigenvalue weighted by molar-refractivity contribution is 5.98. The minimum Gasteiger partial charge on any atom is -0.423 e. The van der Waals surface area contributed by atoms with Crippen LogP contribution in [0, 0.1) is 0 Å². The van der Waals surface area contributed by atoms with Gasteiger partial charge in [0, 0.05) is 24.9 Å². The second-order valence-corrected chi connectivity index (χ2v) is 5.88. The third kappa shape index (κ3) is 6.05. The highest BCUT2D eigenvalue weighted by Crippen LogP contribution is 2.29. The Hall–Kier alpha value is -2.21. The maximum Gasteiger partial charge on any atom is 0.308 e. The lowest BCUT2D eigenvalue weighted by atomic mass is 10.1. The number of benzene rings is 1. The first-order valence-electron chi connectivity index (χ1n) is 6.87. The number of Topliss-reactive ketones (excluding diaryl/α,β-unsaturated/α-hetero) is 1. The molecule has 0 fully saturated rings. The van der Waals surface area contributed by atoms with Crippen LogP contribution < -0.4 is 14.8 Å². The molecule has 6 heteroatoms. The normalized spacial score (nSPS) is 11.0. The van der Waals surface area contributed by atoms with Gasteiger partial charge in [-0.3, -0.25) is 14.4 Å². The van der Waals surface area contributed by atoms with Gasteiger partial charge in [0.25, 0.3) is 0 Å². The minimum atomic E-state index is -0.564. The first-order chi connectivity index (χ1) is 10.1. The van der Waals surface area contributed by atoms with Crippen molar-refractivity contribution in [3.8, 4) is 11.5 Å². The highest BCUT2D eigenvalue weighted by Gasteiger charge is 2.16. The molecular weight excluding hydrogens is 286 g/mol. The van der Waals surface area contributed by atoms with Gasteiger partial charge in [-0.25, -0.2) is 0 Å². The van der Waals surface area contributed by atoms with Crippen LogP contribution in [0.1, 0.15) is 45.0 Å². The average molecular weight is 307 g/mol. The first-order valence-corrected chi connectivity index (χ1v) is 6.87. The second-order valence-electron chi connectivity index (χ2n) is 5.88. The Kier molecular flexibility index (Phi) is 5.82. The Balaban J connectivity index is 2.99. The second kappa shape index (κ2) is 7.17. The molecule has 1 aromatic rings. The van der Waals surface area contributed by atoms with Crippen molar-refractivity contribution < 1.29 is 23.9 Å². The Labute approximate surface area is 129 Å². The molecule has 0 aliphatic rings. The quantitative estimate of drug-likeness (QED) is 0.510. The molecular formula is C16H21NO5. The molecule has 0 amide bonds. The van der Waals surface area contributed by atoms with Gasteiger partial charge in [-0.05, 0) is 39.0 Å². The predicted molar refractivity (Wildman–Crippen MR) is 81.1 cm³/mol. The van der Waals surface area contributed by atoms with Gasteiger partial charge in [0.15, 0.2) is 17.3 Å². The van der Waals surface area contributed by atoms with Crippen molar-refractivity contribution >= 4 is 17.7 Å². The number of nitrogens with one attached hydrogen (secondary N) is 1.